The first-order chi connectivity index (χ1) is 6.79. The predicted octanol–water partition coefficient (Wildman–Crippen LogP) is 3.10. The van der Waals surface area contributed by atoms with Crippen molar-refractivity contribution in [2.24, 2.45) is 5.73 Å². The lowest BCUT2D eigenvalue weighted by atomic mass is 10.0. The number of nitrogens with two attached hydrogens (primary N) is 1. The molecule has 2 heterocycles. The van der Waals surface area contributed by atoms with Gasteiger partial charge in [-0.25, -0.2) is 0 Å². The molecule has 0 saturated heterocycles. The van der Waals surface area contributed by atoms with Crippen molar-refractivity contribution in [2.75, 3.05) is 6.61 Å². The van der Waals surface area contributed by atoms with Crippen molar-refractivity contribution in [3.8, 4) is 0 Å². The molecule has 1 atom stereocenters. The molecule has 1 aromatic heterocycles. The number of hydrogen-bond donors (Lipinski definition) is 1. The lowest BCUT2D eigenvalue weighted by molar-refractivity contribution is 0.221. The van der Waals surface area contributed by atoms with Gasteiger partial charge in [0.15, 0.2) is 0 Å². The maximum atomic E-state index is 6.09. The van der Waals surface area contributed by atoms with E-state index in [1.807, 2.05) is 11.4 Å². The first kappa shape index (κ1) is 10.0. The van der Waals surface area contributed by atoms with Gasteiger partial charge in [0.2, 0.25) is 0 Å². The van der Waals surface area contributed by atoms with Crippen LogP contribution in [-0.4, -0.2) is 6.61 Å². The van der Waals surface area contributed by atoms with Gasteiger partial charge in [0.1, 0.15) is 0 Å². The second kappa shape index (κ2) is 4.34. The van der Waals surface area contributed by atoms with Crippen molar-refractivity contribution in [3.05, 3.63) is 33.2 Å². The van der Waals surface area contributed by atoms with Gasteiger partial charge in [-0.1, -0.05) is 11.6 Å². The minimum Gasteiger partial charge on any atom is -0.501 e. The molecule has 0 radical (unpaired) electrons. The van der Waals surface area contributed by atoms with E-state index in [0.717, 1.165) is 34.9 Å². The lowest BCUT2D eigenvalue weighted by Crippen LogP contribution is -2.15. The van der Waals surface area contributed by atoms with Gasteiger partial charge in [-0.05, 0) is 29.9 Å². The molecule has 4 heteroatoms. The summed E-state index contributed by atoms with van der Waals surface area (Å²) in [6.45, 7) is 0.800. The van der Waals surface area contributed by atoms with Crippen LogP contribution in [0.25, 0.3) is 0 Å². The van der Waals surface area contributed by atoms with Gasteiger partial charge in [0, 0.05) is 4.88 Å². The summed E-state index contributed by atoms with van der Waals surface area (Å²) >= 11 is 7.61. The molecule has 1 aliphatic rings. The van der Waals surface area contributed by atoms with Crippen molar-refractivity contribution >= 4 is 22.9 Å². The van der Waals surface area contributed by atoms with Gasteiger partial charge >= 0.3 is 0 Å². The minimum atomic E-state index is -0.0946. The number of hydrogen-bond acceptors (Lipinski definition) is 3. The summed E-state index contributed by atoms with van der Waals surface area (Å²) in [6, 6.07) is 1.79. The molecule has 0 fully saturated rings. The van der Waals surface area contributed by atoms with E-state index in [0.29, 0.717) is 0 Å². The van der Waals surface area contributed by atoms with Crippen LogP contribution in [0, 0.1) is 0 Å². The maximum Gasteiger partial charge on any atom is 0.0876 e. The van der Waals surface area contributed by atoms with E-state index < -0.39 is 0 Å². The number of rotatable bonds is 2. The van der Waals surface area contributed by atoms with Gasteiger partial charge in [0.25, 0.3) is 0 Å². The molecule has 0 amide bonds. The van der Waals surface area contributed by atoms with Crippen molar-refractivity contribution in [3.63, 3.8) is 0 Å². The standard InChI is InChI=1S/C10H12ClNOS/c11-8-3-5-14-10(8)9(12)7-2-1-4-13-6-7/h3,5-6,9H,1-2,4,12H2. The van der Waals surface area contributed by atoms with Crippen LogP contribution in [-0.2, 0) is 4.74 Å². The Hall–Kier alpha value is -0.510. The fraction of sp³-hybridized carbons (Fsp3) is 0.400. The molecule has 1 aliphatic heterocycles. The maximum absolute atomic E-state index is 6.09. The zero-order valence-corrected chi connectivity index (χ0v) is 9.27. The molecule has 0 aliphatic carbocycles. The highest BCUT2D eigenvalue weighted by molar-refractivity contribution is 7.10. The Kier molecular flexibility index (Phi) is 3.11. The average molecular weight is 230 g/mol. The highest BCUT2D eigenvalue weighted by Gasteiger charge is 2.18. The summed E-state index contributed by atoms with van der Waals surface area (Å²) in [5, 5.41) is 2.72. The minimum absolute atomic E-state index is 0.0946. The largest absolute Gasteiger partial charge is 0.501 e. The number of thiophene rings is 1. The molecule has 2 N–H and O–H groups in total. The Balaban J connectivity index is 2.19. The summed E-state index contributed by atoms with van der Waals surface area (Å²) < 4.78 is 5.26. The van der Waals surface area contributed by atoms with Crippen molar-refractivity contribution < 1.29 is 4.74 Å². The van der Waals surface area contributed by atoms with E-state index in [1.165, 1.54) is 0 Å². The van der Waals surface area contributed by atoms with Gasteiger partial charge in [-0.3, -0.25) is 0 Å². The van der Waals surface area contributed by atoms with Gasteiger partial charge < -0.3 is 10.5 Å². The molecule has 76 valence electrons. The molecule has 14 heavy (non-hydrogen) atoms. The molecule has 0 bridgehead atoms. The van der Waals surface area contributed by atoms with Crippen molar-refractivity contribution in [1.29, 1.82) is 0 Å². The van der Waals surface area contributed by atoms with E-state index in [-0.39, 0.29) is 6.04 Å². The quantitative estimate of drug-likeness (QED) is 0.846. The van der Waals surface area contributed by atoms with Crippen LogP contribution in [0.3, 0.4) is 0 Å². The van der Waals surface area contributed by atoms with E-state index >= 15 is 0 Å². The Bertz CT molecular complexity index is 348. The monoisotopic (exact) mass is 229 g/mol. The van der Waals surface area contributed by atoms with E-state index in [1.54, 1.807) is 17.6 Å². The number of halogens is 1. The highest BCUT2D eigenvalue weighted by Crippen LogP contribution is 2.33. The number of ether oxygens (including phenoxy) is 1. The zero-order chi connectivity index (χ0) is 9.97. The summed E-state index contributed by atoms with van der Waals surface area (Å²) in [7, 11) is 0. The molecule has 0 aromatic carbocycles. The second-order valence-electron chi connectivity index (χ2n) is 3.28. The summed E-state index contributed by atoms with van der Waals surface area (Å²) in [4.78, 5) is 1.03. The topological polar surface area (TPSA) is 35.2 Å². The second-order valence-corrected chi connectivity index (χ2v) is 4.63. The molecular weight excluding hydrogens is 218 g/mol. The van der Waals surface area contributed by atoms with Crippen LogP contribution in [0.1, 0.15) is 23.8 Å². The third kappa shape index (κ3) is 1.95. The molecule has 2 rings (SSSR count). The fourth-order valence-corrected chi connectivity index (χ4v) is 2.73. The van der Waals surface area contributed by atoms with Crippen molar-refractivity contribution in [2.45, 2.75) is 18.9 Å². The Morgan fingerprint density at radius 2 is 2.43 bits per heavy atom. The summed E-state index contributed by atoms with van der Waals surface area (Å²) in [5.74, 6) is 0. The fourth-order valence-electron chi connectivity index (χ4n) is 1.51. The highest BCUT2D eigenvalue weighted by atomic mass is 35.5. The molecular formula is C10H12ClNOS. The van der Waals surface area contributed by atoms with Crippen LogP contribution in [0.15, 0.2) is 23.3 Å². The first-order valence-electron chi connectivity index (χ1n) is 4.58. The van der Waals surface area contributed by atoms with Gasteiger partial charge in [-0.15, -0.1) is 11.3 Å². The third-order valence-electron chi connectivity index (χ3n) is 2.29. The Morgan fingerprint density at radius 1 is 1.57 bits per heavy atom. The SMILES string of the molecule is NC(C1=COCCC1)c1sccc1Cl. The van der Waals surface area contributed by atoms with Crippen LogP contribution >= 0.6 is 22.9 Å². The van der Waals surface area contributed by atoms with Gasteiger partial charge in [0.05, 0.1) is 23.9 Å². The zero-order valence-electron chi connectivity index (χ0n) is 7.70. The molecule has 1 unspecified atom stereocenters. The summed E-state index contributed by atoms with van der Waals surface area (Å²) in [5.41, 5.74) is 7.23. The van der Waals surface area contributed by atoms with Crippen molar-refractivity contribution in [1.82, 2.24) is 0 Å². The van der Waals surface area contributed by atoms with Gasteiger partial charge in [-0.2, -0.15) is 0 Å². The average Bonchev–Trinajstić information content (AvgIpc) is 2.65. The van der Waals surface area contributed by atoms with E-state index in [2.05, 4.69) is 0 Å². The van der Waals surface area contributed by atoms with Crippen LogP contribution in [0.2, 0.25) is 5.02 Å². The van der Waals surface area contributed by atoms with E-state index in [9.17, 15) is 0 Å². The first-order valence-corrected chi connectivity index (χ1v) is 5.84. The summed E-state index contributed by atoms with van der Waals surface area (Å²) in [6.07, 6.45) is 3.84. The van der Waals surface area contributed by atoms with Crippen LogP contribution in [0.4, 0.5) is 0 Å². The normalized spacial score (nSPS) is 18.6. The third-order valence-corrected chi connectivity index (χ3v) is 3.73. The molecule has 1 aromatic rings. The Labute approximate surface area is 92.3 Å². The smallest absolute Gasteiger partial charge is 0.0876 e. The molecule has 0 spiro atoms. The van der Waals surface area contributed by atoms with Crippen LogP contribution in [0.5, 0.6) is 0 Å². The van der Waals surface area contributed by atoms with E-state index in [4.69, 9.17) is 22.1 Å². The van der Waals surface area contributed by atoms with Crippen LogP contribution < -0.4 is 5.73 Å². The molecule has 2 nitrogen and oxygen atoms in total. The predicted molar refractivity (Wildman–Crippen MR) is 59.5 cm³/mol. The lowest BCUT2D eigenvalue weighted by Gasteiger charge is -2.19. The molecule has 0 saturated carbocycles. The Morgan fingerprint density at radius 3 is 3.00 bits per heavy atom.